The molecule has 0 saturated heterocycles. The zero-order valence-electron chi connectivity index (χ0n) is 13.4. The van der Waals surface area contributed by atoms with Gasteiger partial charge in [0.15, 0.2) is 0 Å². The first-order chi connectivity index (χ1) is 9.88. The summed E-state index contributed by atoms with van der Waals surface area (Å²) in [5.41, 5.74) is 9.20. The van der Waals surface area contributed by atoms with Crippen molar-refractivity contribution in [1.29, 1.82) is 0 Å². The van der Waals surface area contributed by atoms with Crippen LogP contribution in [0.25, 0.3) is 0 Å². The summed E-state index contributed by atoms with van der Waals surface area (Å²) < 4.78 is 0. The first-order valence-electron chi connectivity index (χ1n) is 7.39. The molecule has 1 aromatic heterocycles. The van der Waals surface area contributed by atoms with Crippen molar-refractivity contribution in [2.24, 2.45) is 0 Å². The number of nitrogens with two attached hydrogens (primary N) is 1. The lowest BCUT2D eigenvalue weighted by Crippen LogP contribution is -2.08. The van der Waals surface area contributed by atoms with Gasteiger partial charge in [-0.05, 0) is 30.5 Å². The monoisotopic (exact) mass is 284 g/mol. The zero-order chi connectivity index (χ0) is 15.6. The molecule has 0 unspecified atom stereocenters. The number of hydrogen-bond acceptors (Lipinski definition) is 4. The second-order valence-corrected chi connectivity index (χ2v) is 6.00. The highest BCUT2D eigenvalue weighted by Gasteiger charge is 2.11. The number of rotatable bonds is 4. The van der Waals surface area contributed by atoms with Gasteiger partial charge in [0, 0.05) is 17.2 Å². The number of benzene rings is 1. The van der Waals surface area contributed by atoms with Gasteiger partial charge in [0.05, 0.1) is 0 Å². The largest absolute Gasteiger partial charge is 0.383 e. The Bertz CT molecular complexity index is 633. The summed E-state index contributed by atoms with van der Waals surface area (Å²) in [5, 5.41) is 3.37. The average molecular weight is 284 g/mol. The van der Waals surface area contributed by atoms with Gasteiger partial charge in [-0.25, -0.2) is 9.97 Å². The van der Waals surface area contributed by atoms with E-state index in [1.54, 1.807) is 0 Å². The molecule has 0 aliphatic heterocycles. The molecule has 1 heterocycles. The number of hydrogen-bond donors (Lipinski definition) is 2. The Labute approximate surface area is 126 Å². The normalized spacial score (nSPS) is 11.2. The summed E-state index contributed by atoms with van der Waals surface area (Å²) in [6.45, 7) is 10.4. The quantitative estimate of drug-likeness (QED) is 0.875. The minimum atomic E-state index is 0.246. The maximum Gasteiger partial charge on any atom is 0.139 e. The van der Waals surface area contributed by atoms with Crippen LogP contribution < -0.4 is 11.1 Å². The molecule has 0 saturated carbocycles. The van der Waals surface area contributed by atoms with Gasteiger partial charge in [-0.3, -0.25) is 0 Å². The summed E-state index contributed by atoms with van der Waals surface area (Å²) in [5.74, 6) is 2.83. The van der Waals surface area contributed by atoms with Crippen molar-refractivity contribution in [3.63, 3.8) is 0 Å². The van der Waals surface area contributed by atoms with E-state index in [-0.39, 0.29) is 5.92 Å². The van der Waals surface area contributed by atoms with E-state index in [0.717, 1.165) is 22.9 Å². The van der Waals surface area contributed by atoms with Gasteiger partial charge in [-0.15, -0.1) is 0 Å². The van der Waals surface area contributed by atoms with Crippen molar-refractivity contribution >= 4 is 17.3 Å². The van der Waals surface area contributed by atoms with E-state index in [9.17, 15) is 0 Å². The van der Waals surface area contributed by atoms with Crippen molar-refractivity contribution in [2.75, 3.05) is 11.1 Å². The van der Waals surface area contributed by atoms with Crippen LogP contribution in [0.1, 0.15) is 56.5 Å². The minimum Gasteiger partial charge on any atom is -0.383 e. The highest BCUT2D eigenvalue weighted by atomic mass is 15.1. The van der Waals surface area contributed by atoms with Crippen LogP contribution in [0.4, 0.5) is 17.3 Å². The highest BCUT2D eigenvalue weighted by Crippen LogP contribution is 2.26. The van der Waals surface area contributed by atoms with Gasteiger partial charge in [0.25, 0.3) is 0 Å². The molecule has 0 radical (unpaired) electrons. The Hall–Kier alpha value is -2.10. The SMILES string of the molecule is Cc1c(N)nc(C(C)C)nc1Nc1cccc(C(C)C)c1. The molecule has 0 spiro atoms. The second-order valence-electron chi connectivity index (χ2n) is 6.00. The fourth-order valence-corrected chi connectivity index (χ4v) is 2.04. The molecule has 0 fully saturated rings. The molecule has 4 nitrogen and oxygen atoms in total. The molecule has 1 aromatic carbocycles. The molecule has 0 aliphatic rings. The van der Waals surface area contributed by atoms with Crippen LogP contribution in [-0.4, -0.2) is 9.97 Å². The Morgan fingerprint density at radius 1 is 1.05 bits per heavy atom. The number of aromatic nitrogens is 2. The Morgan fingerprint density at radius 3 is 2.38 bits per heavy atom. The van der Waals surface area contributed by atoms with Gasteiger partial charge in [0.1, 0.15) is 17.5 Å². The van der Waals surface area contributed by atoms with E-state index in [2.05, 4.69) is 61.2 Å². The van der Waals surface area contributed by atoms with E-state index in [4.69, 9.17) is 5.73 Å². The summed E-state index contributed by atoms with van der Waals surface area (Å²) in [7, 11) is 0. The fourth-order valence-electron chi connectivity index (χ4n) is 2.04. The summed E-state index contributed by atoms with van der Waals surface area (Å²) in [6.07, 6.45) is 0. The van der Waals surface area contributed by atoms with E-state index in [1.807, 2.05) is 13.0 Å². The molecule has 0 bridgehead atoms. The van der Waals surface area contributed by atoms with Crippen molar-refractivity contribution in [3.05, 3.63) is 41.2 Å². The zero-order valence-corrected chi connectivity index (χ0v) is 13.4. The highest BCUT2D eigenvalue weighted by molar-refractivity contribution is 5.64. The smallest absolute Gasteiger partial charge is 0.139 e. The molecule has 2 aromatic rings. The van der Waals surface area contributed by atoms with Gasteiger partial charge in [-0.1, -0.05) is 39.8 Å². The lowest BCUT2D eigenvalue weighted by molar-refractivity contribution is 0.776. The predicted molar refractivity (Wildman–Crippen MR) is 89.1 cm³/mol. The summed E-state index contributed by atoms with van der Waals surface area (Å²) in [4.78, 5) is 8.95. The summed E-state index contributed by atoms with van der Waals surface area (Å²) in [6, 6.07) is 8.38. The van der Waals surface area contributed by atoms with Gasteiger partial charge < -0.3 is 11.1 Å². The third kappa shape index (κ3) is 3.51. The molecule has 112 valence electrons. The van der Waals surface area contributed by atoms with Crippen molar-refractivity contribution in [1.82, 2.24) is 9.97 Å². The van der Waals surface area contributed by atoms with Crippen LogP contribution in [-0.2, 0) is 0 Å². The molecule has 21 heavy (non-hydrogen) atoms. The maximum absolute atomic E-state index is 6.00. The first-order valence-corrected chi connectivity index (χ1v) is 7.39. The Morgan fingerprint density at radius 2 is 1.76 bits per heavy atom. The number of nitrogens with one attached hydrogen (secondary N) is 1. The van der Waals surface area contributed by atoms with Crippen LogP contribution in [0.5, 0.6) is 0 Å². The topological polar surface area (TPSA) is 63.8 Å². The fraction of sp³-hybridized carbons (Fsp3) is 0.412. The number of anilines is 3. The minimum absolute atomic E-state index is 0.246. The van der Waals surface area contributed by atoms with Gasteiger partial charge >= 0.3 is 0 Å². The van der Waals surface area contributed by atoms with E-state index < -0.39 is 0 Å². The third-order valence-electron chi connectivity index (χ3n) is 3.53. The molecule has 0 aliphatic carbocycles. The Kier molecular flexibility index (Phi) is 4.46. The van der Waals surface area contributed by atoms with Crippen LogP contribution in [0.2, 0.25) is 0 Å². The third-order valence-corrected chi connectivity index (χ3v) is 3.53. The average Bonchev–Trinajstić information content (AvgIpc) is 2.43. The standard InChI is InChI=1S/C17H24N4/c1-10(2)13-7-6-8-14(9-13)19-17-12(5)15(18)20-16(21-17)11(3)4/h6-11H,1-5H3,(H3,18,19,20,21). The molecule has 3 N–H and O–H groups in total. The van der Waals surface area contributed by atoms with Gasteiger partial charge in [-0.2, -0.15) is 0 Å². The lowest BCUT2D eigenvalue weighted by atomic mass is 10.0. The van der Waals surface area contributed by atoms with E-state index in [1.165, 1.54) is 5.56 Å². The van der Waals surface area contributed by atoms with Crippen LogP contribution >= 0.6 is 0 Å². The molecule has 4 heteroatoms. The van der Waals surface area contributed by atoms with Crippen molar-refractivity contribution in [2.45, 2.75) is 46.5 Å². The van der Waals surface area contributed by atoms with Crippen LogP contribution in [0, 0.1) is 6.92 Å². The molecular weight excluding hydrogens is 260 g/mol. The number of nitrogen functional groups attached to an aromatic ring is 1. The van der Waals surface area contributed by atoms with E-state index in [0.29, 0.717) is 11.7 Å². The predicted octanol–water partition coefficient (Wildman–Crippen LogP) is 4.36. The number of nitrogens with zero attached hydrogens (tertiary/aromatic N) is 2. The lowest BCUT2D eigenvalue weighted by Gasteiger charge is -2.14. The molecular formula is C17H24N4. The Balaban J connectivity index is 2.37. The van der Waals surface area contributed by atoms with Crippen molar-refractivity contribution in [3.8, 4) is 0 Å². The van der Waals surface area contributed by atoms with Crippen molar-refractivity contribution < 1.29 is 0 Å². The van der Waals surface area contributed by atoms with E-state index >= 15 is 0 Å². The maximum atomic E-state index is 6.00. The second kappa shape index (κ2) is 6.12. The molecule has 2 rings (SSSR count). The van der Waals surface area contributed by atoms with Gasteiger partial charge in [0.2, 0.25) is 0 Å². The molecule has 0 amide bonds. The van der Waals surface area contributed by atoms with Crippen LogP contribution in [0.15, 0.2) is 24.3 Å². The first kappa shape index (κ1) is 15.3. The summed E-state index contributed by atoms with van der Waals surface area (Å²) >= 11 is 0. The van der Waals surface area contributed by atoms with Crippen LogP contribution in [0.3, 0.4) is 0 Å². The molecule has 0 atom stereocenters.